The summed E-state index contributed by atoms with van der Waals surface area (Å²) in [4.78, 5) is 57.5. The summed E-state index contributed by atoms with van der Waals surface area (Å²) in [6.45, 7) is 6.91. The first-order chi connectivity index (χ1) is 31.6. The number of hydrogen-bond donors (Lipinski definition) is 3. The molecule has 1 atom stereocenters. The summed E-state index contributed by atoms with van der Waals surface area (Å²) in [6.07, 6.45) is 10.0. The zero-order chi connectivity index (χ0) is 44.7. The minimum absolute atomic E-state index is 0.0206. The van der Waals surface area contributed by atoms with E-state index in [-0.39, 0.29) is 35.6 Å². The number of methoxy groups -OCH3 is 1. The van der Waals surface area contributed by atoms with Crippen LogP contribution in [0.25, 0.3) is 32.9 Å². The van der Waals surface area contributed by atoms with E-state index in [9.17, 15) is 14.4 Å². The lowest BCUT2D eigenvalue weighted by Gasteiger charge is -2.45. The van der Waals surface area contributed by atoms with Gasteiger partial charge in [-0.15, -0.1) is 0 Å². The molecule has 6 aromatic rings. The molecule has 3 aromatic heterocycles. The third-order valence-corrected chi connectivity index (χ3v) is 13.6. The quantitative estimate of drug-likeness (QED) is 0.121. The Labute approximate surface area is 378 Å². The van der Waals surface area contributed by atoms with E-state index in [1.807, 2.05) is 42.7 Å². The first-order valence-electron chi connectivity index (χ1n) is 22.8. The van der Waals surface area contributed by atoms with E-state index in [1.165, 1.54) is 4.90 Å². The maximum atomic E-state index is 12.9. The number of likely N-dealkylation sites (tertiary alicyclic amines) is 1. The van der Waals surface area contributed by atoms with E-state index in [0.717, 1.165) is 115 Å². The van der Waals surface area contributed by atoms with Crippen LogP contribution in [0.5, 0.6) is 5.75 Å². The summed E-state index contributed by atoms with van der Waals surface area (Å²) in [5.41, 5.74) is 6.65. The van der Waals surface area contributed by atoms with Gasteiger partial charge in [0.2, 0.25) is 11.9 Å². The van der Waals surface area contributed by atoms with Crippen LogP contribution >= 0.6 is 0 Å². The van der Waals surface area contributed by atoms with Gasteiger partial charge in [0.15, 0.2) is 0 Å². The Bertz CT molecular complexity index is 2880. The van der Waals surface area contributed by atoms with Crippen molar-refractivity contribution in [3.05, 3.63) is 112 Å². The number of amides is 3. The number of nitrogens with one attached hydrogen (secondary N) is 3. The van der Waals surface area contributed by atoms with E-state index in [0.29, 0.717) is 36.1 Å². The molecule has 0 spiro atoms. The van der Waals surface area contributed by atoms with E-state index in [4.69, 9.17) is 19.4 Å². The van der Waals surface area contributed by atoms with Crippen molar-refractivity contribution in [3.8, 4) is 28.7 Å². The maximum absolute atomic E-state index is 12.9. The normalized spacial score (nSPS) is 18.7. The van der Waals surface area contributed by atoms with Gasteiger partial charge in [0.25, 0.3) is 5.56 Å². The van der Waals surface area contributed by atoms with Crippen LogP contribution in [-0.2, 0) is 16.6 Å². The second-order valence-corrected chi connectivity index (χ2v) is 18.1. The predicted octanol–water partition coefficient (Wildman–Crippen LogP) is 6.66. The molecule has 334 valence electrons. The highest BCUT2D eigenvalue weighted by Gasteiger charge is 2.35. The molecule has 1 saturated carbocycles. The standard InChI is InChI=1S/C51H55N9O5/c1-51(53-23-7-8-33-11-16-43(64-3)42(30-33)60-27-20-44(61)55-50(60)63)21-28-58(29-22-51)36-18-25-59(26-19-36)49-54-41-15-12-35(40-32-57(2)48(62)46-38(40)17-24-52-46)31-39(41)45(56-49)47(65-37-13-14-37)34-9-5-4-6-10-34/h4-6,9-12,15-17,24,30-32,36-37,47,52-53H,13-14,18-23,25-29H2,1-3H3,(H,55,61,63). The number of carbonyl (C=O) groups is 2. The number of hydrogen-bond acceptors (Lipinski definition) is 10. The van der Waals surface area contributed by atoms with E-state index >= 15 is 0 Å². The number of carbonyl (C=O) groups excluding carboxylic acids is 2. The van der Waals surface area contributed by atoms with Crippen molar-refractivity contribution in [1.29, 1.82) is 0 Å². The van der Waals surface area contributed by atoms with Gasteiger partial charge in [-0.3, -0.25) is 19.8 Å². The Morgan fingerprint density at radius 1 is 0.908 bits per heavy atom. The largest absolute Gasteiger partial charge is 0.495 e. The van der Waals surface area contributed by atoms with Crippen molar-refractivity contribution in [1.82, 2.24) is 35.1 Å². The summed E-state index contributed by atoms with van der Waals surface area (Å²) in [7, 11) is 3.36. The van der Waals surface area contributed by atoms with Crippen molar-refractivity contribution >= 4 is 45.4 Å². The van der Waals surface area contributed by atoms with Crippen LogP contribution in [0.2, 0.25) is 0 Å². The van der Waals surface area contributed by atoms with Gasteiger partial charge in [0, 0.05) is 92.1 Å². The van der Waals surface area contributed by atoms with Crippen molar-refractivity contribution in [3.63, 3.8) is 0 Å². The van der Waals surface area contributed by atoms with Crippen LogP contribution in [0.1, 0.15) is 74.8 Å². The van der Waals surface area contributed by atoms with Gasteiger partial charge in [0.05, 0.1) is 36.7 Å². The van der Waals surface area contributed by atoms with Crippen molar-refractivity contribution in [2.24, 2.45) is 7.05 Å². The van der Waals surface area contributed by atoms with Crippen molar-refractivity contribution in [2.45, 2.75) is 75.7 Å². The third-order valence-electron chi connectivity index (χ3n) is 13.6. The molecule has 6 heterocycles. The molecule has 4 fully saturated rings. The number of piperidine rings is 2. The Kier molecular flexibility index (Phi) is 11.6. The van der Waals surface area contributed by atoms with Gasteiger partial charge in [-0.25, -0.2) is 14.8 Å². The topological polar surface area (TPSA) is 150 Å². The Balaban J connectivity index is 0.818. The summed E-state index contributed by atoms with van der Waals surface area (Å²) in [5, 5.41) is 7.94. The highest BCUT2D eigenvalue weighted by atomic mass is 16.5. The number of rotatable bonds is 11. The lowest BCUT2D eigenvalue weighted by Crippen LogP contribution is -2.55. The highest BCUT2D eigenvalue weighted by Crippen LogP contribution is 2.40. The lowest BCUT2D eigenvalue weighted by atomic mass is 9.88. The Morgan fingerprint density at radius 2 is 1.71 bits per heavy atom. The fourth-order valence-corrected chi connectivity index (χ4v) is 9.64. The summed E-state index contributed by atoms with van der Waals surface area (Å²) < 4.78 is 14.0. The number of ether oxygens (including phenoxy) is 2. The molecule has 0 bridgehead atoms. The summed E-state index contributed by atoms with van der Waals surface area (Å²) in [5.74, 6) is 7.56. The minimum atomic E-state index is -0.453. The van der Waals surface area contributed by atoms with Gasteiger partial charge in [-0.2, -0.15) is 0 Å². The van der Waals surface area contributed by atoms with Gasteiger partial charge in [-0.05, 0) is 93.0 Å². The van der Waals surface area contributed by atoms with E-state index in [2.05, 4.69) is 86.6 Å². The van der Waals surface area contributed by atoms with Gasteiger partial charge >= 0.3 is 6.03 Å². The molecule has 3 aliphatic heterocycles. The summed E-state index contributed by atoms with van der Waals surface area (Å²) >= 11 is 0. The second-order valence-electron chi connectivity index (χ2n) is 18.1. The number of benzene rings is 3. The molecule has 3 amide bonds. The number of aryl methyl sites for hydroxylation is 1. The van der Waals surface area contributed by atoms with E-state index < -0.39 is 6.03 Å². The number of aromatic amines is 1. The second kappa shape index (κ2) is 17.8. The maximum Gasteiger partial charge on any atom is 0.328 e. The lowest BCUT2D eigenvalue weighted by molar-refractivity contribution is -0.120. The number of urea groups is 1. The third kappa shape index (κ3) is 8.84. The van der Waals surface area contributed by atoms with Gasteiger partial charge < -0.3 is 34.1 Å². The molecule has 4 aliphatic rings. The minimum Gasteiger partial charge on any atom is -0.495 e. The fourth-order valence-electron chi connectivity index (χ4n) is 9.64. The van der Waals surface area contributed by atoms with Crippen LogP contribution in [0.3, 0.4) is 0 Å². The molecule has 14 nitrogen and oxygen atoms in total. The SMILES string of the molecule is COc1ccc(C#CCNC2(C)CCN(C3CCN(c4nc(C(OC5CC5)c5ccccc5)c5cc(-c6cn(C)c(=O)c7[nH]ccc67)ccc5n4)CC3)CC2)cc1N1CCC(=O)NC1=O. The molecule has 3 N–H and O–H groups in total. The fraction of sp³-hybridized carbons (Fsp3) is 0.392. The molecule has 3 saturated heterocycles. The molecular formula is C51H55N9O5. The number of H-pyrrole nitrogens is 1. The van der Waals surface area contributed by atoms with Gasteiger partial charge in [-0.1, -0.05) is 48.2 Å². The van der Waals surface area contributed by atoms with Gasteiger partial charge in [0.1, 0.15) is 17.4 Å². The molecule has 10 rings (SSSR count). The number of nitrogens with zero attached hydrogens (tertiary/aromatic N) is 6. The molecule has 14 heteroatoms. The molecule has 0 radical (unpaired) electrons. The smallest absolute Gasteiger partial charge is 0.328 e. The zero-order valence-electron chi connectivity index (χ0n) is 37.2. The average molecular weight is 874 g/mol. The zero-order valence-corrected chi connectivity index (χ0v) is 37.2. The first kappa shape index (κ1) is 42.4. The highest BCUT2D eigenvalue weighted by molar-refractivity contribution is 6.06. The Hall–Kier alpha value is -6.53. The number of anilines is 2. The van der Waals surface area contributed by atoms with Crippen LogP contribution in [0.15, 0.2) is 90.0 Å². The molecule has 3 aromatic carbocycles. The van der Waals surface area contributed by atoms with Crippen molar-refractivity contribution in [2.75, 3.05) is 56.2 Å². The molecular weight excluding hydrogens is 819 g/mol. The average Bonchev–Trinajstić information content (AvgIpc) is 4.02. The number of pyridine rings is 1. The monoisotopic (exact) mass is 873 g/mol. The van der Waals surface area contributed by atoms with Crippen molar-refractivity contribution < 1.29 is 19.1 Å². The number of fused-ring (bicyclic) bond motifs is 2. The molecule has 65 heavy (non-hydrogen) atoms. The Morgan fingerprint density at radius 3 is 2.46 bits per heavy atom. The molecule has 1 aliphatic carbocycles. The first-order valence-corrected chi connectivity index (χ1v) is 22.8. The van der Waals surface area contributed by atoms with Crippen LogP contribution in [0, 0.1) is 11.8 Å². The van der Waals surface area contributed by atoms with E-state index in [1.54, 1.807) is 18.7 Å². The number of aromatic nitrogens is 4. The summed E-state index contributed by atoms with van der Waals surface area (Å²) in [6, 6.07) is 24.3. The van der Waals surface area contributed by atoms with Crippen LogP contribution in [0.4, 0.5) is 16.4 Å². The van der Waals surface area contributed by atoms with Crippen LogP contribution < -0.4 is 30.7 Å². The number of imide groups is 1. The molecule has 1 unspecified atom stereocenters. The predicted molar refractivity (Wildman–Crippen MR) is 252 cm³/mol. The van der Waals surface area contributed by atoms with Crippen LogP contribution in [-0.4, -0.2) is 100 Å².